The molecule has 1 heterocycles. The van der Waals surface area contributed by atoms with Crippen LogP contribution in [0, 0.1) is 23.0 Å². The van der Waals surface area contributed by atoms with E-state index in [-0.39, 0.29) is 10.6 Å². The molecule has 1 aliphatic carbocycles. The third kappa shape index (κ3) is 2.72. The summed E-state index contributed by atoms with van der Waals surface area (Å²) in [6.07, 6.45) is 5.09. The highest BCUT2D eigenvalue weighted by Crippen LogP contribution is 2.38. The van der Waals surface area contributed by atoms with E-state index in [1.165, 1.54) is 6.42 Å². The monoisotopic (exact) mass is 235 g/mol. The summed E-state index contributed by atoms with van der Waals surface area (Å²) in [6, 6.07) is 1.93. The number of aryl methyl sites for hydroxylation is 1. The molecule has 1 aromatic heterocycles. The molecule has 5 heteroatoms. The minimum atomic E-state index is -0.375. The van der Waals surface area contributed by atoms with Gasteiger partial charge in [-0.25, -0.2) is 4.98 Å². The van der Waals surface area contributed by atoms with Crippen molar-refractivity contribution in [3.63, 3.8) is 0 Å². The predicted molar refractivity (Wildman–Crippen MR) is 66.1 cm³/mol. The second kappa shape index (κ2) is 4.69. The Hall–Kier alpha value is -1.65. The van der Waals surface area contributed by atoms with Gasteiger partial charge in [0.15, 0.2) is 0 Å². The Labute approximate surface area is 100 Å². The van der Waals surface area contributed by atoms with Gasteiger partial charge in [0, 0.05) is 18.3 Å². The topological polar surface area (TPSA) is 68.1 Å². The van der Waals surface area contributed by atoms with E-state index in [1.807, 2.05) is 0 Å². The van der Waals surface area contributed by atoms with Gasteiger partial charge in [-0.1, -0.05) is 13.3 Å². The molecule has 2 rings (SSSR count). The Kier molecular flexibility index (Phi) is 3.26. The van der Waals surface area contributed by atoms with E-state index in [4.69, 9.17) is 0 Å². The number of hydrogen-bond donors (Lipinski definition) is 1. The molecule has 1 aromatic rings. The lowest BCUT2D eigenvalue weighted by Gasteiger charge is -2.05. The molecule has 0 radical (unpaired) electrons. The van der Waals surface area contributed by atoms with Crippen LogP contribution >= 0.6 is 0 Å². The maximum atomic E-state index is 10.9. The lowest BCUT2D eigenvalue weighted by atomic mass is 10.2. The van der Waals surface area contributed by atoms with Gasteiger partial charge in [0.1, 0.15) is 0 Å². The van der Waals surface area contributed by atoms with E-state index >= 15 is 0 Å². The fraction of sp³-hybridized carbons (Fsp3) is 0.583. The number of nitro groups is 1. The minimum absolute atomic E-state index is 0.0761. The molecule has 0 aliphatic heterocycles. The highest BCUT2D eigenvalue weighted by Gasteiger charge is 2.37. The van der Waals surface area contributed by atoms with E-state index in [1.54, 1.807) is 19.2 Å². The summed E-state index contributed by atoms with van der Waals surface area (Å²) in [6.45, 7) is 3.96. The number of nitrogens with zero attached hydrogens (tertiary/aromatic N) is 2. The zero-order valence-electron chi connectivity index (χ0n) is 10.1. The van der Waals surface area contributed by atoms with E-state index in [9.17, 15) is 10.1 Å². The molecule has 2 unspecified atom stereocenters. The smallest absolute Gasteiger partial charge is 0.311 e. The van der Waals surface area contributed by atoms with E-state index < -0.39 is 0 Å². The first-order valence-corrected chi connectivity index (χ1v) is 5.99. The van der Waals surface area contributed by atoms with Crippen LogP contribution in [-0.2, 0) is 0 Å². The minimum Gasteiger partial charge on any atom is -0.361 e. The third-order valence-corrected chi connectivity index (χ3v) is 3.11. The van der Waals surface area contributed by atoms with Crippen molar-refractivity contribution >= 4 is 11.5 Å². The molecular formula is C12H17N3O2. The maximum Gasteiger partial charge on any atom is 0.311 e. The Morgan fingerprint density at radius 3 is 3.06 bits per heavy atom. The fourth-order valence-corrected chi connectivity index (χ4v) is 2.09. The molecule has 1 fully saturated rings. The SMILES string of the molecule is CCCC1CC1Nc1ncc(C)cc1[N+](=O)[O-]. The van der Waals surface area contributed by atoms with Crippen LogP contribution in [0.25, 0.3) is 0 Å². The zero-order chi connectivity index (χ0) is 12.4. The van der Waals surface area contributed by atoms with Gasteiger partial charge < -0.3 is 5.32 Å². The normalized spacial score (nSPS) is 22.2. The van der Waals surface area contributed by atoms with Crippen molar-refractivity contribution in [2.75, 3.05) is 5.32 Å². The standard InChI is InChI=1S/C12H17N3O2/c1-3-4-9-6-10(9)14-12-11(15(16)17)5-8(2)7-13-12/h5,7,9-10H,3-4,6H2,1-2H3,(H,13,14). The second-order valence-corrected chi connectivity index (χ2v) is 4.67. The van der Waals surface area contributed by atoms with Crippen LogP contribution in [0.3, 0.4) is 0 Å². The van der Waals surface area contributed by atoms with E-state index in [2.05, 4.69) is 17.2 Å². The number of rotatable bonds is 5. The number of aromatic nitrogens is 1. The molecule has 5 nitrogen and oxygen atoms in total. The summed E-state index contributed by atoms with van der Waals surface area (Å²) in [5, 5.41) is 14.1. The fourth-order valence-electron chi connectivity index (χ4n) is 2.09. The first-order chi connectivity index (χ1) is 8.11. The molecule has 0 amide bonds. The summed E-state index contributed by atoms with van der Waals surface area (Å²) in [5.74, 6) is 1.06. The van der Waals surface area contributed by atoms with E-state index in [0.717, 1.165) is 18.4 Å². The summed E-state index contributed by atoms with van der Waals surface area (Å²) in [7, 11) is 0. The van der Waals surface area contributed by atoms with Crippen LogP contribution in [0.2, 0.25) is 0 Å². The average molecular weight is 235 g/mol. The van der Waals surface area contributed by atoms with Gasteiger partial charge >= 0.3 is 5.69 Å². The van der Waals surface area contributed by atoms with Crippen molar-refractivity contribution in [2.24, 2.45) is 5.92 Å². The Balaban J connectivity index is 2.08. The van der Waals surface area contributed by atoms with Crippen molar-refractivity contribution in [3.8, 4) is 0 Å². The number of hydrogen-bond acceptors (Lipinski definition) is 4. The van der Waals surface area contributed by atoms with Crippen molar-refractivity contribution in [3.05, 3.63) is 27.9 Å². The highest BCUT2D eigenvalue weighted by molar-refractivity contribution is 5.57. The summed E-state index contributed by atoms with van der Waals surface area (Å²) >= 11 is 0. The van der Waals surface area contributed by atoms with Crippen LogP contribution in [-0.4, -0.2) is 15.9 Å². The van der Waals surface area contributed by atoms with E-state index in [0.29, 0.717) is 17.8 Å². The number of nitrogens with one attached hydrogen (secondary N) is 1. The Morgan fingerprint density at radius 1 is 1.65 bits per heavy atom. The van der Waals surface area contributed by atoms with Crippen molar-refractivity contribution in [2.45, 2.75) is 39.2 Å². The molecule has 1 saturated carbocycles. The van der Waals surface area contributed by atoms with Crippen molar-refractivity contribution < 1.29 is 4.92 Å². The van der Waals surface area contributed by atoms with Gasteiger partial charge in [-0.3, -0.25) is 10.1 Å². The summed E-state index contributed by atoms with van der Waals surface area (Å²) < 4.78 is 0. The molecular weight excluding hydrogens is 218 g/mol. The number of pyridine rings is 1. The Bertz CT molecular complexity index is 434. The molecule has 2 atom stereocenters. The largest absolute Gasteiger partial charge is 0.361 e. The second-order valence-electron chi connectivity index (χ2n) is 4.67. The van der Waals surface area contributed by atoms with Gasteiger partial charge in [-0.05, 0) is 31.2 Å². The summed E-state index contributed by atoms with van der Waals surface area (Å²) in [5.41, 5.74) is 0.885. The van der Waals surface area contributed by atoms with Crippen LogP contribution in [0.4, 0.5) is 11.5 Å². The lowest BCUT2D eigenvalue weighted by molar-refractivity contribution is -0.384. The maximum absolute atomic E-state index is 10.9. The highest BCUT2D eigenvalue weighted by atomic mass is 16.6. The molecule has 0 bridgehead atoms. The molecule has 0 aromatic carbocycles. The Morgan fingerprint density at radius 2 is 2.41 bits per heavy atom. The summed E-state index contributed by atoms with van der Waals surface area (Å²) in [4.78, 5) is 14.7. The van der Waals surface area contributed by atoms with Gasteiger partial charge in [0.25, 0.3) is 0 Å². The first-order valence-electron chi connectivity index (χ1n) is 5.99. The molecule has 92 valence electrons. The van der Waals surface area contributed by atoms with Crippen LogP contribution in [0.1, 0.15) is 31.7 Å². The lowest BCUT2D eigenvalue weighted by Crippen LogP contribution is -2.08. The van der Waals surface area contributed by atoms with Gasteiger partial charge in [0.2, 0.25) is 5.82 Å². The molecule has 0 saturated heterocycles. The quantitative estimate of drug-likeness (QED) is 0.629. The zero-order valence-corrected chi connectivity index (χ0v) is 10.1. The van der Waals surface area contributed by atoms with Crippen LogP contribution in [0.5, 0.6) is 0 Å². The molecule has 0 spiro atoms. The van der Waals surface area contributed by atoms with Crippen LogP contribution < -0.4 is 5.32 Å². The average Bonchev–Trinajstić information content (AvgIpc) is 2.99. The third-order valence-electron chi connectivity index (χ3n) is 3.11. The molecule has 1 aliphatic rings. The van der Waals surface area contributed by atoms with Gasteiger partial charge in [-0.15, -0.1) is 0 Å². The van der Waals surface area contributed by atoms with Crippen LogP contribution in [0.15, 0.2) is 12.3 Å². The molecule has 1 N–H and O–H groups in total. The van der Waals surface area contributed by atoms with Gasteiger partial charge in [-0.2, -0.15) is 0 Å². The first kappa shape index (κ1) is 11.8. The van der Waals surface area contributed by atoms with Crippen molar-refractivity contribution in [1.82, 2.24) is 4.98 Å². The van der Waals surface area contributed by atoms with Crippen molar-refractivity contribution in [1.29, 1.82) is 0 Å². The van der Waals surface area contributed by atoms with Gasteiger partial charge in [0.05, 0.1) is 4.92 Å². The predicted octanol–water partition coefficient (Wildman–Crippen LogP) is 2.90. The molecule has 17 heavy (non-hydrogen) atoms. The number of anilines is 1.